The van der Waals surface area contributed by atoms with Gasteiger partial charge in [0.25, 0.3) is 11.6 Å². The highest BCUT2D eigenvalue weighted by Gasteiger charge is 2.29. The minimum atomic E-state index is -0.479. The van der Waals surface area contributed by atoms with Gasteiger partial charge in [-0.05, 0) is 25.3 Å². The van der Waals surface area contributed by atoms with Crippen LogP contribution < -0.4 is 10.1 Å². The van der Waals surface area contributed by atoms with Crippen LogP contribution in [-0.2, 0) is 4.79 Å². The number of hydrogen-bond acceptors (Lipinski definition) is 5. The van der Waals surface area contributed by atoms with Gasteiger partial charge in [0.05, 0.1) is 11.0 Å². The fourth-order valence-corrected chi connectivity index (χ4v) is 3.96. The lowest BCUT2D eigenvalue weighted by atomic mass is 10.1. The molecule has 1 saturated carbocycles. The third-order valence-electron chi connectivity index (χ3n) is 5.32. The molecule has 0 spiro atoms. The van der Waals surface area contributed by atoms with Gasteiger partial charge in [-0.1, -0.05) is 31.7 Å². The summed E-state index contributed by atoms with van der Waals surface area (Å²) in [4.78, 5) is 25.0. The molecule has 2 aliphatic rings. The van der Waals surface area contributed by atoms with Crippen LogP contribution in [-0.4, -0.2) is 47.5 Å². The van der Waals surface area contributed by atoms with Crippen LogP contribution in [0.25, 0.3) is 0 Å². The largest absolute Gasteiger partial charge is 0.484 e. The first-order valence-electron chi connectivity index (χ1n) is 9.52. The zero-order valence-corrected chi connectivity index (χ0v) is 15.1. The SMILES string of the molecule is O=C(COc1cccc([N+](=O)[O-])c1)NC1CCN(C2CCCCCC2)C1. The molecular weight excluding hydrogens is 334 g/mol. The second-order valence-corrected chi connectivity index (χ2v) is 7.24. The number of likely N-dealkylation sites (tertiary alicyclic amines) is 1. The monoisotopic (exact) mass is 361 g/mol. The molecule has 1 aliphatic heterocycles. The molecule has 26 heavy (non-hydrogen) atoms. The number of nitrogens with one attached hydrogen (secondary N) is 1. The summed E-state index contributed by atoms with van der Waals surface area (Å²) in [5.41, 5.74) is -0.0438. The summed E-state index contributed by atoms with van der Waals surface area (Å²) in [5, 5.41) is 13.8. The first kappa shape index (κ1) is 18.6. The normalized spacial score (nSPS) is 21.9. The van der Waals surface area contributed by atoms with E-state index in [9.17, 15) is 14.9 Å². The lowest BCUT2D eigenvalue weighted by Gasteiger charge is -2.26. The van der Waals surface area contributed by atoms with Crippen molar-refractivity contribution in [1.29, 1.82) is 0 Å². The Kier molecular flexibility index (Phi) is 6.44. The molecule has 0 radical (unpaired) electrons. The van der Waals surface area contributed by atoms with Crippen LogP contribution in [0.5, 0.6) is 5.75 Å². The number of nitro benzene ring substituents is 1. The van der Waals surface area contributed by atoms with Crippen LogP contribution in [0.3, 0.4) is 0 Å². The van der Waals surface area contributed by atoms with Gasteiger partial charge >= 0.3 is 0 Å². The maximum atomic E-state index is 12.1. The van der Waals surface area contributed by atoms with Gasteiger partial charge in [-0.2, -0.15) is 0 Å². The van der Waals surface area contributed by atoms with E-state index in [4.69, 9.17) is 4.74 Å². The number of ether oxygens (including phenoxy) is 1. The number of carbonyl (C=O) groups excluding carboxylic acids is 1. The first-order valence-corrected chi connectivity index (χ1v) is 9.52. The van der Waals surface area contributed by atoms with E-state index in [1.54, 1.807) is 12.1 Å². The van der Waals surface area contributed by atoms with E-state index < -0.39 is 4.92 Å². The van der Waals surface area contributed by atoms with E-state index in [1.807, 2.05) is 0 Å². The standard InChI is InChI=1S/C19H27N3O4/c23-19(14-26-18-9-5-8-17(12-18)22(24)25)20-15-10-11-21(13-15)16-6-3-1-2-4-7-16/h5,8-9,12,15-16H,1-4,6-7,10-11,13-14H2,(H,20,23). The van der Waals surface area contributed by atoms with Crippen molar-refractivity contribution in [3.63, 3.8) is 0 Å². The summed E-state index contributed by atoms with van der Waals surface area (Å²) in [6.45, 7) is 1.83. The summed E-state index contributed by atoms with van der Waals surface area (Å²) >= 11 is 0. The molecule has 0 bridgehead atoms. The average Bonchev–Trinajstić information content (AvgIpc) is 2.92. The molecule has 1 aromatic rings. The molecule has 1 unspecified atom stereocenters. The van der Waals surface area contributed by atoms with Crippen molar-refractivity contribution in [2.24, 2.45) is 0 Å². The molecule has 7 heteroatoms. The molecule has 3 rings (SSSR count). The Morgan fingerprint density at radius 3 is 2.73 bits per heavy atom. The predicted molar refractivity (Wildman–Crippen MR) is 98.2 cm³/mol. The van der Waals surface area contributed by atoms with Crippen molar-refractivity contribution in [2.75, 3.05) is 19.7 Å². The average molecular weight is 361 g/mol. The third kappa shape index (κ3) is 5.17. The maximum Gasteiger partial charge on any atom is 0.273 e. The van der Waals surface area contributed by atoms with Crippen LogP contribution in [0, 0.1) is 10.1 Å². The van der Waals surface area contributed by atoms with Gasteiger partial charge in [0.2, 0.25) is 0 Å². The van der Waals surface area contributed by atoms with Gasteiger partial charge < -0.3 is 10.1 Å². The summed E-state index contributed by atoms with van der Waals surface area (Å²) in [6.07, 6.45) is 8.84. The van der Waals surface area contributed by atoms with Crippen LogP contribution in [0.4, 0.5) is 5.69 Å². The molecule has 1 heterocycles. The topological polar surface area (TPSA) is 84.7 Å². The number of rotatable bonds is 6. The molecule has 1 aliphatic carbocycles. The molecule has 2 fully saturated rings. The van der Waals surface area contributed by atoms with Gasteiger partial charge in [0.1, 0.15) is 5.75 Å². The zero-order chi connectivity index (χ0) is 18.4. The Morgan fingerprint density at radius 1 is 1.23 bits per heavy atom. The van der Waals surface area contributed by atoms with Crippen molar-refractivity contribution in [3.8, 4) is 5.75 Å². The van der Waals surface area contributed by atoms with Gasteiger partial charge in [-0.3, -0.25) is 19.8 Å². The Bertz CT molecular complexity index is 629. The lowest BCUT2D eigenvalue weighted by molar-refractivity contribution is -0.384. The fourth-order valence-electron chi connectivity index (χ4n) is 3.96. The van der Waals surface area contributed by atoms with Crippen molar-refractivity contribution in [3.05, 3.63) is 34.4 Å². The van der Waals surface area contributed by atoms with Crippen molar-refractivity contribution >= 4 is 11.6 Å². The highest BCUT2D eigenvalue weighted by molar-refractivity contribution is 5.77. The van der Waals surface area contributed by atoms with Crippen LogP contribution in [0.2, 0.25) is 0 Å². The van der Waals surface area contributed by atoms with Crippen LogP contribution in [0.15, 0.2) is 24.3 Å². The highest BCUT2D eigenvalue weighted by atomic mass is 16.6. The molecule has 0 aromatic heterocycles. The summed E-state index contributed by atoms with van der Waals surface area (Å²) in [6, 6.07) is 6.72. The molecule has 7 nitrogen and oxygen atoms in total. The second kappa shape index (κ2) is 8.98. The van der Waals surface area contributed by atoms with Gasteiger partial charge in [0.15, 0.2) is 6.61 Å². The first-order chi connectivity index (χ1) is 12.6. The Labute approximate surface area is 153 Å². The smallest absolute Gasteiger partial charge is 0.273 e. The molecule has 1 N–H and O–H groups in total. The molecule has 1 saturated heterocycles. The quantitative estimate of drug-likeness (QED) is 0.478. The van der Waals surface area contributed by atoms with E-state index in [0.29, 0.717) is 11.8 Å². The zero-order valence-electron chi connectivity index (χ0n) is 15.1. The number of carbonyl (C=O) groups is 1. The predicted octanol–water partition coefficient (Wildman–Crippen LogP) is 2.89. The van der Waals surface area contributed by atoms with Gasteiger partial charge in [-0.15, -0.1) is 0 Å². The fraction of sp³-hybridized carbons (Fsp3) is 0.632. The lowest BCUT2D eigenvalue weighted by Crippen LogP contribution is -2.41. The summed E-state index contributed by atoms with van der Waals surface area (Å²) in [7, 11) is 0. The Hall–Kier alpha value is -2.15. The minimum absolute atomic E-state index is 0.0438. The van der Waals surface area contributed by atoms with E-state index >= 15 is 0 Å². The highest BCUT2D eigenvalue weighted by Crippen LogP contribution is 2.25. The number of benzene rings is 1. The number of non-ortho nitro benzene ring substituents is 1. The van der Waals surface area contributed by atoms with E-state index in [1.165, 1.54) is 50.7 Å². The van der Waals surface area contributed by atoms with Crippen LogP contribution >= 0.6 is 0 Å². The number of nitro groups is 1. The molecule has 1 amide bonds. The Balaban J connectivity index is 1.42. The van der Waals surface area contributed by atoms with Crippen molar-refractivity contribution in [2.45, 2.75) is 57.0 Å². The van der Waals surface area contributed by atoms with E-state index in [0.717, 1.165) is 19.5 Å². The number of amides is 1. The van der Waals surface area contributed by atoms with Crippen LogP contribution in [0.1, 0.15) is 44.9 Å². The summed E-state index contributed by atoms with van der Waals surface area (Å²) in [5.74, 6) is 0.157. The number of hydrogen-bond donors (Lipinski definition) is 1. The van der Waals surface area contributed by atoms with Gasteiger partial charge in [0, 0.05) is 31.2 Å². The Morgan fingerprint density at radius 2 is 2.00 bits per heavy atom. The maximum absolute atomic E-state index is 12.1. The molecule has 142 valence electrons. The number of nitrogens with zero attached hydrogens (tertiary/aromatic N) is 2. The molecule has 1 atom stereocenters. The molecular formula is C19H27N3O4. The van der Waals surface area contributed by atoms with E-state index in [2.05, 4.69) is 10.2 Å². The van der Waals surface area contributed by atoms with Gasteiger partial charge in [-0.25, -0.2) is 0 Å². The molecule has 1 aromatic carbocycles. The summed E-state index contributed by atoms with van der Waals surface area (Å²) < 4.78 is 5.40. The van der Waals surface area contributed by atoms with Crippen molar-refractivity contribution in [1.82, 2.24) is 10.2 Å². The third-order valence-corrected chi connectivity index (χ3v) is 5.32. The second-order valence-electron chi connectivity index (χ2n) is 7.24. The minimum Gasteiger partial charge on any atom is -0.484 e. The van der Waals surface area contributed by atoms with E-state index in [-0.39, 0.29) is 24.2 Å². The van der Waals surface area contributed by atoms with Crippen molar-refractivity contribution < 1.29 is 14.5 Å².